The van der Waals surface area contributed by atoms with Gasteiger partial charge in [-0.25, -0.2) is 4.99 Å². The molecule has 3 nitrogen and oxygen atoms in total. The first-order valence-electron chi connectivity index (χ1n) is 6.86. The summed E-state index contributed by atoms with van der Waals surface area (Å²) in [5, 5.41) is 13.4. The summed E-state index contributed by atoms with van der Waals surface area (Å²) in [4.78, 5) is 4.33. The second-order valence-electron chi connectivity index (χ2n) is 5.25. The van der Waals surface area contributed by atoms with Crippen molar-refractivity contribution in [1.29, 1.82) is 0 Å². The van der Waals surface area contributed by atoms with Crippen LogP contribution in [0.1, 0.15) is 11.1 Å². The van der Waals surface area contributed by atoms with E-state index in [4.69, 9.17) is 5.73 Å². The van der Waals surface area contributed by atoms with Crippen LogP contribution in [0.4, 0.5) is 5.69 Å². The quantitative estimate of drug-likeness (QED) is 0.716. The number of fused-ring (bicyclic) bond motifs is 2. The number of hydrogen-bond acceptors (Lipinski definition) is 3. The zero-order valence-corrected chi connectivity index (χ0v) is 11.3. The van der Waals surface area contributed by atoms with Crippen LogP contribution in [-0.4, -0.2) is 10.9 Å². The third-order valence-corrected chi connectivity index (χ3v) is 4.08. The molecular weight excluding hydrogens is 260 g/mol. The lowest BCUT2D eigenvalue weighted by Gasteiger charge is -2.26. The largest absolute Gasteiger partial charge is 0.384 e. The summed E-state index contributed by atoms with van der Waals surface area (Å²) >= 11 is 0. The molecule has 0 aliphatic carbocycles. The molecule has 1 unspecified atom stereocenters. The molecule has 4 rings (SSSR count). The van der Waals surface area contributed by atoms with Crippen LogP contribution >= 0.6 is 0 Å². The molecule has 3 heteroatoms. The van der Waals surface area contributed by atoms with Crippen molar-refractivity contribution < 1.29 is 5.11 Å². The van der Waals surface area contributed by atoms with Gasteiger partial charge >= 0.3 is 0 Å². The maximum Gasteiger partial charge on any atom is 0.175 e. The molecule has 3 N–H and O–H groups in total. The number of amidine groups is 1. The molecule has 1 aliphatic rings. The average molecular weight is 274 g/mol. The molecule has 0 fully saturated rings. The highest BCUT2D eigenvalue weighted by molar-refractivity contribution is 6.04. The number of hydrogen-bond donors (Lipinski definition) is 2. The molecule has 0 spiro atoms. The topological polar surface area (TPSA) is 58.6 Å². The van der Waals surface area contributed by atoms with Crippen molar-refractivity contribution in [3.8, 4) is 0 Å². The van der Waals surface area contributed by atoms with Gasteiger partial charge in [-0.15, -0.1) is 0 Å². The summed E-state index contributed by atoms with van der Waals surface area (Å²) in [5.74, 6) is 0.222. The van der Waals surface area contributed by atoms with Crippen molar-refractivity contribution in [3.05, 3.63) is 77.9 Å². The van der Waals surface area contributed by atoms with Gasteiger partial charge in [-0.2, -0.15) is 0 Å². The first-order valence-corrected chi connectivity index (χ1v) is 6.86. The summed E-state index contributed by atoms with van der Waals surface area (Å²) in [6, 6.07) is 21.4. The maximum atomic E-state index is 11.3. The minimum Gasteiger partial charge on any atom is -0.384 e. The van der Waals surface area contributed by atoms with Crippen molar-refractivity contribution in [1.82, 2.24) is 0 Å². The van der Waals surface area contributed by atoms with Gasteiger partial charge in [-0.1, -0.05) is 60.7 Å². The van der Waals surface area contributed by atoms with Gasteiger partial charge < -0.3 is 10.8 Å². The van der Waals surface area contributed by atoms with Gasteiger partial charge in [0.1, 0.15) is 5.84 Å². The van der Waals surface area contributed by atoms with Gasteiger partial charge in [0.05, 0.1) is 5.69 Å². The number of aliphatic imine (C=N–C) groups is 1. The fourth-order valence-electron chi connectivity index (χ4n) is 3.05. The van der Waals surface area contributed by atoms with E-state index in [1.54, 1.807) is 0 Å². The van der Waals surface area contributed by atoms with Gasteiger partial charge in [0, 0.05) is 11.1 Å². The SMILES string of the molecule is NC1=Nc2ccccc2C1(O)c1cccc2ccccc12. The van der Waals surface area contributed by atoms with E-state index in [1.807, 2.05) is 66.7 Å². The van der Waals surface area contributed by atoms with Crippen molar-refractivity contribution >= 4 is 22.3 Å². The lowest BCUT2D eigenvalue weighted by molar-refractivity contribution is 0.160. The highest BCUT2D eigenvalue weighted by Gasteiger charge is 2.42. The van der Waals surface area contributed by atoms with E-state index in [1.165, 1.54) is 0 Å². The molecule has 21 heavy (non-hydrogen) atoms. The molecule has 1 aliphatic heterocycles. The molecule has 102 valence electrons. The Morgan fingerprint density at radius 3 is 2.38 bits per heavy atom. The van der Waals surface area contributed by atoms with Crippen LogP contribution in [0.25, 0.3) is 10.8 Å². The molecule has 0 radical (unpaired) electrons. The number of rotatable bonds is 1. The summed E-state index contributed by atoms with van der Waals surface area (Å²) in [6.07, 6.45) is 0. The first kappa shape index (κ1) is 12.1. The van der Waals surface area contributed by atoms with E-state index < -0.39 is 5.60 Å². The maximum absolute atomic E-state index is 11.3. The Balaban J connectivity index is 2.07. The summed E-state index contributed by atoms with van der Waals surface area (Å²) in [7, 11) is 0. The Kier molecular flexibility index (Phi) is 2.41. The second-order valence-corrected chi connectivity index (χ2v) is 5.25. The highest BCUT2D eigenvalue weighted by Crippen LogP contribution is 2.43. The summed E-state index contributed by atoms with van der Waals surface area (Å²) in [5.41, 5.74) is 6.96. The van der Waals surface area contributed by atoms with Gasteiger partial charge in [0.15, 0.2) is 5.60 Å². The normalized spacial score (nSPS) is 20.3. The average Bonchev–Trinajstić information content (AvgIpc) is 2.79. The molecule has 0 amide bonds. The number of nitrogens with two attached hydrogens (primary N) is 1. The molecule has 0 saturated carbocycles. The second kappa shape index (κ2) is 4.17. The third kappa shape index (κ3) is 1.55. The number of nitrogens with zero attached hydrogens (tertiary/aromatic N) is 1. The van der Waals surface area contributed by atoms with Crippen molar-refractivity contribution in [3.63, 3.8) is 0 Å². The lowest BCUT2D eigenvalue weighted by Crippen LogP contribution is -2.39. The van der Waals surface area contributed by atoms with E-state index >= 15 is 0 Å². The Bertz CT molecular complexity index is 880. The molecule has 0 saturated heterocycles. The molecule has 1 atom stereocenters. The standard InChI is InChI=1S/C18H14N2O/c19-17-18(21,15-9-3-4-11-16(15)20-17)14-10-5-7-12-6-1-2-8-13(12)14/h1-11,21H,(H2,19,20). The Morgan fingerprint density at radius 2 is 1.48 bits per heavy atom. The third-order valence-electron chi connectivity index (χ3n) is 4.08. The first-order chi connectivity index (χ1) is 10.2. The summed E-state index contributed by atoms with van der Waals surface area (Å²) < 4.78 is 0. The fourth-order valence-corrected chi connectivity index (χ4v) is 3.05. The predicted octanol–water partition coefficient (Wildman–Crippen LogP) is 3.08. The van der Waals surface area contributed by atoms with Crippen LogP contribution in [0.15, 0.2) is 71.7 Å². The minimum atomic E-state index is -1.36. The van der Waals surface area contributed by atoms with Crippen LogP contribution < -0.4 is 5.73 Å². The van der Waals surface area contributed by atoms with Gasteiger partial charge in [0.25, 0.3) is 0 Å². The lowest BCUT2D eigenvalue weighted by atomic mass is 9.83. The monoisotopic (exact) mass is 274 g/mol. The van der Waals surface area contributed by atoms with Crippen molar-refractivity contribution in [2.75, 3.05) is 0 Å². The molecule has 1 heterocycles. The Morgan fingerprint density at radius 1 is 0.810 bits per heavy atom. The smallest absolute Gasteiger partial charge is 0.175 e. The van der Waals surface area contributed by atoms with E-state index in [-0.39, 0.29) is 5.84 Å². The fraction of sp³-hybridized carbons (Fsp3) is 0.0556. The number of para-hydroxylation sites is 1. The molecule has 3 aromatic carbocycles. The zero-order valence-electron chi connectivity index (χ0n) is 11.3. The minimum absolute atomic E-state index is 0.222. The van der Waals surface area contributed by atoms with E-state index in [0.717, 1.165) is 27.6 Å². The van der Waals surface area contributed by atoms with E-state index in [2.05, 4.69) is 4.99 Å². The van der Waals surface area contributed by atoms with Crippen molar-refractivity contribution in [2.45, 2.75) is 5.60 Å². The van der Waals surface area contributed by atoms with Crippen LogP contribution in [0, 0.1) is 0 Å². The Labute approximate surface area is 122 Å². The summed E-state index contributed by atoms with van der Waals surface area (Å²) in [6.45, 7) is 0. The molecular formula is C18H14N2O. The molecule has 0 bridgehead atoms. The van der Waals surface area contributed by atoms with Gasteiger partial charge in [-0.3, -0.25) is 0 Å². The Hall–Kier alpha value is -2.65. The van der Waals surface area contributed by atoms with E-state index in [0.29, 0.717) is 0 Å². The van der Waals surface area contributed by atoms with Crippen LogP contribution in [0.2, 0.25) is 0 Å². The van der Waals surface area contributed by atoms with Crippen molar-refractivity contribution in [2.24, 2.45) is 10.7 Å². The van der Waals surface area contributed by atoms with Crippen LogP contribution in [0.3, 0.4) is 0 Å². The van der Waals surface area contributed by atoms with Crippen LogP contribution in [-0.2, 0) is 5.60 Å². The van der Waals surface area contributed by atoms with Crippen LogP contribution in [0.5, 0.6) is 0 Å². The van der Waals surface area contributed by atoms with E-state index in [9.17, 15) is 5.11 Å². The molecule has 3 aromatic rings. The zero-order chi connectivity index (χ0) is 14.4. The number of aliphatic hydroxyl groups is 1. The molecule has 0 aromatic heterocycles. The number of benzene rings is 3. The van der Waals surface area contributed by atoms with Gasteiger partial charge in [0.2, 0.25) is 0 Å². The van der Waals surface area contributed by atoms with Gasteiger partial charge in [-0.05, 0) is 16.8 Å². The predicted molar refractivity (Wildman–Crippen MR) is 84.7 cm³/mol. The highest BCUT2D eigenvalue weighted by atomic mass is 16.3.